The molecule has 0 fully saturated rings. The number of hydrogen-bond donors (Lipinski definition) is 0. The summed E-state index contributed by atoms with van der Waals surface area (Å²) in [5.41, 5.74) is 0.683. The molecule has 1 aromatic carbocycles. The van der Waals surface area contributed by atoms with Crippen molar-refractivity contribution in [3.05, 3.63) is 48.0 Å². The summed E-state index contributed by atoms with van der Waals surface area (Å²) in [6, 6.07) is 6.07. The number of ether oxygens (including phenoxy) is 1. The second-order valence-corrected chi connectivity index (χ2v) is 5.91. The maximum Gasteiger partial charge on any atom is 0.416 e. The van der Waals surface area contributed by atoms with Crippen molar-refractivity contribution in [1.82, 2.24) is 25.3 Å². The summed E-state index contributed by atoms with van der Waals surface area (Å²) in [4.78, 5) is 12.3. The number of aryl methyl sites for hydroxylation is 1. The highest BCUT2D eigenvalue weighted by atomic mass is 19.4. The number of methoxy groups -OCH3 is 1. The van der Waals surface area contributed by atoms with Crippen LogP contribution < -0.4 is 4.74 Å². The van der Waals surface area contributed by atoms with Crippen molar-refractivity contribution in [2.75, 3.05) is 7.11 Å². The van der Waals surface area contributed by atoms with Crippen LogP contribution in [0.2, 0.25) is 0 Å². The zero-order valence-electron chi connectivity index (χ0n) is 15.1. The average molecular weight is 403 g/mol. The third-order valence-corrected chi connectivity index (χ3v) is 4.07. The standard InChI is InChI=1S/C18H12F3N5O3/c1-9-14(15(25-28-9)10-3-5-11(6-4-10)18(19,20)21)17-24-16(26-29-17)12-7-13(27-2)23-8-22-12/h3-8H,1-2H3. The highest BCUT2D eigenvalue weighted by Crippen LogP contribution is 2.36. The summed E-state index contributed by atoms with van der Waals surface area (Å²) < 4.78 is 54.0. The Morgan fingerprint density at radius 2 is 1.76 bits per heavy atom. The SMILES string of the molecule is COc1cc(-c2noc(-c3c(-c4ccc(C(F)(F)F)cc4)noc3C)n2)ncn1. The molecule has 0 aliphatic carbocycles. The highest BCUT2D eigenvalue weighted by Gasteiger charge is 2.30. The summed E-state index contributed by atoms with van der Waals surface area (Å²) >= 11 is 0. The van der Waals surface area contributed by atoms with Crippen molar-refractivity contribution < 1.29 is 27.0 Å². The van der Waals surface area contributed by atoms with Gasteiger partial charge in [0.25, 0.3) is 5.89 Å². The van der Waals surface area contributed by atoms with Crippen LogP contribution in [0.1, 0.15) is 11.3 Å². The number of nitrogens with zero attached hydrogens (tertiary/aromatic N) is 5. The van der Waals surface area contributed by atoms with Gasteiger partial charge in [0.05, 0.1) is 12.7 Å². The fourth-order valence-corrected chi connectivity index (χ4v) is 2.64. The summed E-state index contributed by atoms with van der Waals surface area (Å²) in [5.74, 6) is 0.967. The predicted octanol–water partition coefficient (Wildman–Crippen LogP) is 4.18. The van der Waals surface area contributed by atoms with Crippen LogP contribution >= 0.6 is 0 Å². The molecule has 0 saturated carbocycles. The Morgan fingerprint density at radius 1 is 1.00 bits per heavy atom. The highest BCUT2D eigenvalue weighted by molar-refractivity contribution is 5.78. The van der Waals surface area contributed by atoms with Gasteiger partial charge in [-0.2, -0.15) is 18.2 Å². The normalized spacial score (nSPS) is 11.6. The van der Waals surface area contributed by atoms with Crippen LogP contribution in [0.4, 0.5) is 13.2 Å². The first-order chi connectivity index (χ1) is 13.9. The second-order valence-electron chi connectivity index (χ2n) is 5.91. The number of alkyl halides is 3. The molecule has 8 nitrogen and oxygen atoms in total. The van der Waals surface area contributed by atoms with E-state index in [1.54, 1.807) is 6.92 Å². The van der Waals surface area contributed by atoms with Crippen molar-refractivity contribution in [1.29, 1.82) is 0 Å². The van der Waals surface area contributed by atoms with E-state index in [1.165, 1.54) is 31.6 Å². The molecule has 0 aliphatic rings. The van der Waals surface area contributed by atoms with E-state index in [9.17, 15) is 13.2 Å². The molecule has 0 radical (unpaired) electrons. The summed E-state index contributed by atoms with van der Waals surface area (Å²) in [5, 5.41) is 7.82. The zero-order valence-corrected chi connectivity index (χ0v) is 15.1. The lowest BCUT2D eigenvalue weighted by atomic mass is 10.0. The monoisotopic (exact) mass is 403 g/mol. The van der Waals surface area contributed by atoms with Crippen LogP contribution in [0.3, 0.4) is 0 Å². The topological polar surface area (TPSA) is 100.0 Å². The fourth-order valence-electron chi connectivity index (χ4n) is 2.64. The van der Waals surface area contributed by atoms with E-state index < -0.39 is 11.7 Å². The second kappa shape index (κ2) is 7.00. The van der Waals surface area contributed by atoms with Gasteiger partial charge in [-0.1, -0.05) is 22.4 Å². The van der Waals surface area contributed by atoms with Crippen LogP contribution in [-0.4, -0.2) is 32.4 Å². The third kappa shape index (κ3) is 3.53. The molecule has 29 heavy (non-hydrogen) atoms. The molecule has 0 atom stereocenters. The van der Waals surface area contributed by atoms with Crippen LogP contribution in [0.5, 0.6) is 5.88 Å². The van der Waals surface area contributed by atoms with Gasteiger partial charge in [0.15, 0.2) is 0 Å². The van der Waals surface area contributed by atoms with Crippen molar-refractivity contribution >= 4 is 0 Å². The molecule has 3 aromatic heterocycles. The fraction of sp³-hybridized carbons (Fsp3) is 0.167. The molecular formula is C18H12F3N5O3. The molecular weight excluding hydrogens is 391 g/mol. The van der Waals surface area contributed by atoms with E-state index >= 15 is 0 Å². The maximum atomic E-state index is 12.8. The Kier molecular flexibility index (Phi) is 4.49. The average Bonchev–Trinajstić information content (AvgIpc) is 3.34. The smallest absolute Gasteiger partial charge is 0.416 e. The first kappa shape index (κ1) is 18.6. The molecule has 3 heterocycles. The molecule has 0 spiro atoms. The van der Waals surface area contributed by atoms with Gasteiger partial charge in [-0.25, -0.2) is 9.97 Å². The zero-order chi connectivity index (χ0) is 20.6. The maximum absolute atomic E-state index is 12.8. The Morgan fingerprint density at radius 3 is 2.45 bits per heavy atom. The lowest BCUT2D eigenvalue weighted by Gasteiger charge is -2.06. The molecule has 0 aliphatic heterocycles. The number of halogens is 3. The number of aromatic nitrogens is 5. The van der Waals surface area contributed by atoms with E-state index in [0.717, 1.165) is 12.1 Å². The lowest BCUT2D eigenvalue weighted by Crippen LogP contribution is -2.04. The van der Waals surface area contributed by atoms with E-state index in [4.69, 9.17) is 13.8 Å². The van der Waals surface area contributed by atoms with E-state index in [2.05, 4.69) is 25.3 Å². The molecule has 0 amide bonds. The Labute approximate surface area is 161 Å². The van der Waals surface area contributed by atoms with E-state index in [1.807, 2.05) is 0 Å². The lowest BCUT2D eigenvalue weighted by molar-refractivity contribution is -0.137. The third-order valence-electron chi connectivity index (χ3n) is 4.07. The number of hydrogen-bond acceptors (Lipinski definition) is 8. The molecule has 0 unspecified atom stereocenters. The summed E-state index contributed by atoms with van der Waals surface area (Å²) in [6.45, 7) is 1.63. The molecule has 0 N–H and O–H groups in total. The van der Waals surface area contributed by atoms with Gasteiger partial charge in [-0.05, 0) is 19.1 Å². The van der Waals surface area contributed by atoms with Crippen LogP contribution in [-0.2, 0) is 6.18 Å². The van der Waals surface area contributed by atoms with Gasteiger partial charge in [-0.3, -0.25) is 0 Å². The van der Waals surface area contributed by atoms with Crippen molar-refractivity contribution in [3.63, 3.8) is 0 Å². The van der Waals surface area contributed by atoms with Crippen molar-refractivity contribution in [2.24, 2.45) is 0 Å². The summed E-state index contributed by atoms with van der Waals surface area (Å²) in [6.07, 6.45) is -3.14. The Hall–Kier alpha value is -3.76. The van der Waals surface area contributed by atoms with Gasteiger partial charge in [-0.15, -0.1) is 0 Å². The molecule has 4 rings (SSSR count). The van der Waals surface area contributed by atoms with Gasteiger partial charge in [0.1, 0.15) is 29.0 Å². The molecule has 11 heteroatoms. The largest absolute Gasteiger partial charge is 0.481 e. The minimum atomic E-state index is -4.43. The predicted molar refractivity (Wildman–Crippen MR) is 92.5 cm³/mol. The van der Waals surface area contributed by atoms with Crippen LogP contribution in [0.25, 0.3) is 34.2 Å². The van der Waals surface area contributed by atoms with Gasteiger partial charge in [0.2, 0.25) is 11.7 Å². The molecule has 0 bridgehead atoms. The van der Waals surface area contributed by atoms with Crippen molar-refractivity contribution in [3.8, 4) is 40.1 Å². The Bertz CT molecular complexity index is 1150. The molecule has 4 aromatic rings. The number of rotatable bonds is 4. The van der Waals surface area contributed by atoms with Crippen LogP contribution in [0, 0.1) is 6.92 Å². The quantitative estimate of drug-likeness (QED) is 0.500. The van der Waals surface area contributed by atoms with Gasteiger partial charge < -0.3 is 13.8 Å². The summed E-state index contributed by atoms with van der Waals surface area (Å²) in [7, 11) is 1.46. The van der Waals surface area contributed by atoms with E-state index in [-0.39, 0.29) is 17.4 Å². The Balaban J connectivity index is 1.72. The van der Waals surface area contributed by atoms with Crippen LogP contribution in [0.15, 0.2) is 45.7 Å². The van der Waals surface area contributed by atoms with Gasteiger partial charge in [0, 0.05) is 11.6 Å². The minimum Gasteiger partial charge on any atom is -0.481 e. The minimum absolute atomic E-state index is 0.0891. The molecule has 0 saturated heterocycles. The van der Waals surface area contributed by atoms with Gasteiger partial charge >= 0.3 is 6.18 Å². The van der Waals surface area contributed by atoms with E-state index in [0.29, 0.717) is 28.5 Å². The molecule has 148 valence electrons. The van der Waals surface area contributed by atoms with Crippen molar-refractivity contribution in [2.45, 2.75) is 13.1 Å². The first-order valence-corrected chi connectivity index (χ1v) is 8.21. The first-order valence-electron chi connectivity index (χ1n) is 8.21. The number of benzene rings is 1.